The summed E-state index contributed by atoms with van der Waals surface area (Å²) >= 11 is 0. The van der Waals surface area contributed by atoms with E-state index < -0.39 is 0 Å². The lowest BCUT2D eigenvalue weighted by Crippen LogP contribution is -2.13. The first kappa shape index (κ1) is 35.1. The minimum Gasteiger partial charge on any atom is -0.456 e. The van der Waals surface area contributed by atoms with Crippen LogP contribution >= 0.6 is 0 Å². The Kier molecular flexibility index (Phi) is 7.38. The summed E-state index contributed by atoms with van der Waals surface area (Å²) in [5.41, 5.74) is 17.9. The largest absolute Gasteiger partial charge is 0.456 e. The highest BCUT2D eigenvalue weighted by atomic mass is 16.3. The van der Waals surface area contributed by atoms with Crippen LogP contribution in [0.1, 0.15) is 22.3 Å². The van der Waals surface area contributed by atoms with Crippen LogP contribution in [-0.2, 0) is 6.42 Å². The third-order valence-corrected chi connectivity index (χ3v) is 13.3. The van der Waals surface area contributed by atoms with Crippen LogP contribution in [0.3, 0.4) is 0 Å². The lowest BCUT2D eigenvalue weighted by molar-refractivity contribution is 0.669. The third-order valence-electron chi connectivity index (χ3n) is 13.3. The summed E-state index contributed by atoms with van der Waals surface area (Å²) in [6, 6.07) is 71.9. The van der Waals surface area contributed by atoms with Crippen molar-refractivity contribution in [3.63, 3.8) is 0 Å². The van der Waals surface area contributed by atoms with Crippen molar-refractivity contribution < 1.29 is 4.42 Å². The fraction of sp³-hybridized carbons (Fsp3) is 0.0167. The monoisotopic (exact) mass is 813 g/mol. The lowest BCUT2D eigenvalue weighted by atomic mass is 9.83. The number of rotatable bonds is 3. The number of para-hydroxylation sites is 3. The first-order valence-electron chi connectivity index (χ1n) is 21.9. The summed E-state index contributed by atoms with van der Waals surface area (Å²) in [7, 11) is 0. The molecule has 296 valence electrons. The summed E-state index contributed by atoms with van der Waals surface area (Å²) in [5, 5.41) is 11.7. The van der Waals surface area contributed by atoms with E-state index in [4.69, 9.17) is 14.4 Å². The van der Waals surface area contributed by atoms with Gasteiger partial charge in [0.05, 0.1) is 16.7 Å². The van der Waals surface area contributed by atoms with E-state index in [9.17, 15) is 0 Å². The van der Waals surface area contributed by atoms with Gasteiger partial charge in [0.25, 0.3) is 0 Å². The molecule has 3 bridgehead atoms. The molecule has 0 N–H and O–H groups in total. The van der Waals surface area contributed by atoms with Crippen molar-refractivity contribution >= 4 is 93.3 Å². The molecule has 12 aromatic rings. The van der Waals surface area contributed by atoms with Crippen molar-refractivity contribution in [3.8, 4) is 16.8 Å². The van der Waals surface area contributed by atoms with Gasteiger partial charge in [-0.3, -0.25) is 0 Å². The molecule has 0 radical (unpaired) electrons. The highest BCUT2D eigenvalue weighted by molar-refractivity contribution is 6.29. The number of nitrogens with zero attached hydrogens (tertiary/aromatic N) is 3. The average Bonchev–Trinajstić information content (AvgIpc) is 3.81. The van der Waals surface area contributed by atoms with E-state index in [-0.39, 0.29) is 0 Å². The summed E-state index contributed by atoms with van der Waals surface area (Å²) in [5.74, 6) is 0.634. The van der Waals surface area contributed by atoms with Gasteiger partial charge in [-0.2, -0.15) is 0 Å². The molecule has 0 saturated heterocycles. The Morgan fingerprint density at radius 3 is 2.08 bits per heavy atom. The number of furan rings is 1. The molecule has 14 rings (SSSR count). The third kappa shape index (κ3) is 5.24. The quantitative estimate of drug-likeness (QED) is 0.129. The van der Waals surface area contributed by atoms with Crippen molar-refractivity contribution in [3.05, 3.63) is 234 Å². The Bertz CT molecular complexity index is 4120. The fourth-order valence-electron chi connectivity index (χ4n) is 10.4. The highest BCUT2D eigenvalue weighted by Gasteiger charge is 2.26. The number of fused-ring (bicyclic) bond motifs is 17. The van der Waals surface area contributed by atoms with E-state index in [1.54, 1.807) is 0 Å². The van der Waals surface area contributed by atoms with Crippen molar-refractivity contribution in [1.82, 2.24) is 4.57 Å². The predicted molar refractivity (Wildman–Crippen MR) is 266 cm³/mol. The smallest absolute Gasteiger partial charge is 0.161 e. The lowest BCUT2D eigenvalue weighted by Gasteiger charge is -2.20. The van der Waals surface area contributed by atoms with Gasteiger partial charge in [0, 0.05) is 55.9 Å². The molecule has 3 heterocycles. The standard InChI is InChI=1S/C60H35N3O/c1-3-14-38(15-4-1)53-33-41-30-36-23-26-43-40(29-36)32-51(58-44-18-8-7-13-37(44)24-27-47(43)58)48-35-57-50(46-20-10-12-22-56(46)64-57)34-52(48)59(41)62-60(61-53)39-25-28-55-49(31-39)45-19-9-11-21-54(45)63(55)42-16-5-2-6-17-42/h1-29,31-32,34-35H,30H2. The number of hydrogen-bond donors (Lipinski definition) is 0. The van der Waals surface area contributed by atoms with E-state index >= 15 is 0 Å². The van der Waals surface area contributed by atoms with Gasteiger partial charge in [-0.25, -0.2) is 9.98 Å². The molecule has 1 aliphatic carbocycles. The van der Waals surface area contributed by atoms with Gasteiger partial charge in [-0.1, -0.05) is 145 Å². The van der Waals surface area contributed by atoms with Gasteiger partial charge in [-0.05, 0) is 110 Å². The molecule has 0 fully saturated rings. The Balaban J connectivity index is 1.11. The van der Waals surface area contributed by atoms with Crippen molar-refractivity contribution in [2.75, 3.05) is 0 Å². The number of aliphatic imine (C=N–C) groups is 2. The number of aromatic nitrogens is 1. The topological polar surface area (TPSA) is 42.8 Å². The van der Waals surface area contributed by atoms with Gasteiger partial charge < -0.3 is 8.98 Å². The molecular formula is C60H35N3O. The van der Waals surface area contributed by atoms with Gasteiger partial charge in [0.1, 0.15) is 16.9 Å². The second-order valence-electron chi connectivity index (χ2n) is 17.0. The van der Waals surface area contributed by atoms with Crippen LogP contribution in [-0.4, -0.2) is 16.1 Å². The zero-order valence-corrected chi connectivity index (χ0v) is 34.5. The fourth-order valence-corrected chi connectivity index (χ4v) is 10.4. The minimum absolute atomic E-state index is 0.617. The molecule has 0 atom stereocenters. The summed E-state index contributed by atoms with van der Waals surface area (Å²) < 4.78 is 9.04. The van der Waals surface area contributed by atoms with Crippen molar-refractivity contribution in [2.24, 2.45) is 9.98 Å². The molecule has 2 aliphatic rings. The van der Waals surface area contributed by atoms with Crippen LogP contribution in [0.4, 0.5) is 0 Å². The van der Waals surface area contributed by atoms with E-state index in [1.807, 2.05) is 12.1 Å². The molecule has 2 aromatic heterocycles. The Morgan fingerprint density at radius 2 is 1.19 bits per heavy atom. The van der Waals surface area contributed by atoms with Crippen LogP contribution < -0.4 is 0 Å². The summed E-state index contributed by atoms with van der Waals surface area (Å²) in [6.45, 7) is 0. The van der Waals surface area contributed by atoms with Crippen LogP contribution in [0.25, 0.3) is 98.6 Å². The molecule has 0 amide bonds. The van der Waals surface area contributed by atoms with Crippen LogP contribution in [0.15, 0.2) is 226 Å². The maximum atomic E-state index is 6.69. The average molecular weight is 814 g/mol. The molecule has 4 heteroatoms. The maximum Gasteiger partial charge on any atom is 0.161 e. The molecule has 10 aromatic carbocycles. The number of benzene rings is 10. The Labute approximate surface area is 367 Å². The van der Waals surface area contributed by atoms with Crippen LogP contribution in [0.5, 0.6) is 0 Å². The van der Waals surface area contributed by atoms with Crippen LogP contribution in [0.2, 0.25) is 0 Å². The normalized spacial score (nSPS) is 13.7. The van der Waals surface area contributed by atoms with E-state index in [0.29, 0.717) is 12.3 Å². The highest BCUT2D eigenvalue weighted by Crippen LogP contribution is 2.45. The van der Waals surface area contributed by atoms with Gasteiger partial charge in [0.2, 0.25) is 0 Å². The number of amidine groups is 1. The molecule has 4 nitrogen and oxygen atoms in total. The predicted octanol–water partition coefficient (Wildman–Crippen LogP) is 15.2. The first-order valence-corrected chi connectivity index (χ1v) is 21.9. The van der Waals surface area contributed by atoms with E-state index in [2.05, 4.69) is 198 Å². The van der Waals surface area contributed by atoms with Gasteiger partial charge >= 0.3 is 0 Å². The molecule has 0 spiro atoms. The Hall–Kier alpha value is -8.56. The molecule has 0 unspecified atom stereocenters. The summed E-state index contributed by atoms with van der Waals surface area (Å²) in [4.78, 5) is 11.3. The van der Waals surface area contributed by atoms with E-state index in [1.165, 1.54) is 43.3 Å². The zero-order valence-electron chi connectivity index (χ0n) is 34.5. The van der Waals surface area contributed by atoms with Gasteiger partial charge in [0.15, 0.2) is 5.84 Å². The maximum absolute atomic E-state index is 6.69. The van der Waals surface area contributed by atoms with Crippen molar-refractivity contribution in [2.45, 2.75) is 6.42 Å². The van der Waals surface area contributed by atoms with Crippen molar-refractivity contribution in [1.29, 1.82) is 0 Å². The van der Waals surface area contributed by atoms with Gasteiger partial charge in [-0.15, -0.1) is 0 Å². The first-order chi connectivity index (χ1) is 31.7. The summed E-state index contributed by atoms with van der Waals surface area (Å²) in [6.07, 6.45) is 0.617. The number of allylic oxidation sites excluding steroid dienone is 1. The van der Waals surface area contributed by atoms with E-state index in [0.717, 1.165) is 88.8 Å². The second kappa shape index (κ2) is 13.5. The molecule has 0 saturated carbocycles. The number of hydrogen-bond acceptors (Lipinski definition) is 3. The Morgan fingerprint density at radius 1 is 0.438 bits per heavy atom. The SMILES string of the molecule is C1=C2Cc3ccc4c(c3)cc(c3c5ccccc5ccc43)-c3cc4oc5ccccc5c4cc3C2=NC(c2ccc3c(c2)c2ccccc2n3-c2ccccc2)=NC=1c1ccccc1. The minimum atomic E-state index is 0.617. The van der Waals surface area contributed by atoms with Crippen LogP contribution in [0, 0.1) is 0 Å². The molecule has 64 heavy (non-hydrogen) atoms. The second-order valence-corrected chi connectivity index (χ2v) is 17.0. The molecular weight excluding hydrogens is 779 g/mol. The zero-order chi connectivity index (χ0) is 41.9. The molecule has 1 aliphatic heterocycles.